The summed E-state index contributed by atoms with van der Waals surface area (Å²) in [5.41, 5.74) is 2.61. The summed E-state index contributed by atoms with van der Waals surface area (Å²) in [6.45, 7) is 5.26. The molecule has 3 nitrogen and oxygen atoms in total. The van der Waals surface area contributed by atoms with Crippen molar-refractivity contribution in [3.8, 4) is 0 Å². The molecular formula is C19H26N2O. The fourth-order valence-electron chi connectivity index (χ4n) is 2.91. The Balaban J connectivity index is 1.43. The van der Waals surface area contributed by atoms with Gasteiger partial charge in [0.1, 0.15) is 0 Å². The number of rotatable bonds is 7. The van der Waals surface area contributed by atoms with E-state index in [1.54, 1.807) is 0 Å². The highest BCUT2D eigenvalue weighted by molar-refractivity contribution is 5.13. The Morgan fingerprint density at radius 3 is 2.73 bits per heavy atom. The van der Waals surface area contributed by atoms with Crippen molar-refractivity contribution in [3.63, 3.8) is 0 Å². The lowest BCUT2D eigenvalue weighted by molar-refractivity contribution is -0.0383. The lowest BCUT2D eigenvalue weighted by Gasteiger charge is -2.35. The van der Waals surface area contributed by atoms with Crippen LogP contribution < -0.4 is 0 Å². The van der Waals surface area contributed by atoms with Gasteiger partial charge in [-0.15, -0.1) is 0 Å². The minimum Gasteiger partial charge on any atom is -0.373 e. The molecule has 1 fully saturated rings. The van der Waals surface area contributed by atoms with Gasteiger partial charge in [-0.05, 0) is 36.3 Å². The third-order valence-electron chi connectivity index (χ3n) is 4.71. The molecule has 0 spiro atoms. The van der Waals surface area contributed by atoms with E-state index in [-0.39, 0.29) is 0 Å². The molecule has 1 aliphatic carbocycles. The molecule has 2 aromatic rings. The van der Waals surface area contributed by atoms with Crippen LogP contribution in [0.2, 0.25) is 0 Å². The van der Waals surface area contributed by atoms with Crippen molar-refractivity contribution in [1.82, 2.24) is 9.78 Å². The molecule has 3 heteroatoms. The minimum absolute atomic E-state index is 0.382. The maximum Gasteiger partial charge on any atom is 0.0720 e. The standard InChI is InChI=1S/C19H26N2O/c1-3-15(2)9-17-12-20-21(13-17)18-10-19(11-18)22-14-16-7-5-4-6-8-16/h4-8,12-13,15,18-19H,3,9-11,14H2,1-2H3. The molecule has 1 aliphatic rings. The third kappa shape index (κ3) is 3.77. The molecule has 1 unspecified atom stereocenters. The van der Waals surface area contributed by atoms with Gasteiger partial charge in [0.05, 0.1) is 24.9 Å². The van der Waals surface area contributed by atoms with Crippen LogP contribution in [0.1, 0.15) is 50.3 Å². The van der Waals surface area contributed by atoms with Crippen LogP contribution in [-0.2, 0) is 17.8 Å². The number of hydrogen-bond donors (Lipinski definition) is 0. The Morgan fingerprint density at radius 1 is 1.23 bits per heavy atom. The van der Waals surface area contributed by atoms with Crippen molar-refractivity contribution < 1.29 is 4.74 Å². The molecule has 0 aliphatic heterocycles. The highest BCUT2D eigenvalue weighted by atomic mass is 16.5. The molecule has 0 bridgehead atoms. The van der Waals surface area contributed by atoms with E-state index < -0.39 is 0 Å². The van der Waals surface area contributed by atoms with Crippen molar-refractivity contribution in [3.05, 3.63) is 53.9 Å². The minimum atomic E-state index is 0.382. The SMILES string of the molecule is CCC(C)Cc1cnn(C2CC(OCc3ccccc3)C2)c1. The largest absolute Gasteiger partial charge is 0.373 e. The Kier molecular flexibility index (Phi) is 4.94. The zero-order valence-corrected chi connectivity index (χ0v) is 13.6. The smallest absolute Gasteiger partial charge is 0.0720 e. The molecule has 22 heavy (non-hydrogen) atoms. The van der Waals surface area contributed by atoms with Crippen LogP contribution in [0.3, 0.4) is 0 Å². The second-order valence-corrected chi connectivity index (χ2v) is 6.59. The summed E-state index contributed by atoms with van der Waals surface area (Å²) in [4.78, 5) is 0. The zero-order valence-electron chi connectivity index (χ0n) is 13.6. The molecular weight excluding hydrogens is 272 g/mol. The van der Waals surface area contributed by atoms with Crippen LogP contribution in [0, 0.1) is 5.92 Å². The molecule has 1 atom stereocenters. The lowest BCUT2D eigenvalue weighted by atomic mass is 9.89. The second-order valence-electron chi connectivity index (χ2n) is 6.59. The van der Waals surface area contributed by atoms with E-state index in [1.165, 1.54) is 17.5 Å². The summed E-state index contributed by atoms with van der Waals surface area (Å²) in [7, 11) is 0. The van der Waals surface area contributed by atoms with E-state index in [1.807, 2.05) is 12.3 Å². The van der Waals surface area contributed by atoms with Gasteiger partial charge in [0, 0.05) is 6.20 Å². The lowest BCUT2D eigenvalue weighted by Crippen LogP contribution is -2.33. The molecule has 0 amide bonds. The Morgan fingerprint density at radius 2 is 2.00 bits per heavy atom. The molecule has 0 saturated heterocycles. The number of nitrogens with zero attached hydrogens (tertiary/aromatic N) is 2. The average Bonchev–Trinajstić information content (AvgIpc) is 2.94. The quantitative estimate of drug-likeness (QED) is 0.758. The van der Waals surface area contributed by atoms with Crippen LogP contribution in [0.4, 0.5) is 0 Å². The molecule has 118 valence electrons. The first-order chi connectivity index (χ1) is 10.7. The van der Waals surface area contributed by atoms with E-state index in [0.29, 0.717) is 12.1 Å². The highest BCUT2D eigenvalue weighted by Crippen LogP contribution is 2.34. The molecule has 3 rings (SSSR count). The predicted octanol–water partition coefficient (Wildman–Crippen LogP) is 4.39. The second kappa shape index (κ2) is 7.10. The first-order valence-corrected chi connectivity index (χ1v) is 8.43. The Labute approximate surface area is 133 Å². The van der Waals surface area contributed by atoms with Gasteiger partial charge >= 0.3 is 0 Å². The molecule has 0 N–H and O–H groups in total. The fourth-order valence-corrected chi connectivity index (χ4v) is 2.91. The first kappa shape index (κ1) is 15.3. The van der Waals surface area contributed by atoms with Crippen molar-refractivity contribution >= 4 is 0 Å². The number of aromatic nitrogens is 2. The van der Waals surface area contributed by atoms with Crippen molar-refractivity contribution in [1.29, 1.82) is 0 Å². The van der Waals surface area contributed by atoms with Gasteiger partial charge in [-0.25, -0.2) is 0 Å². The van der Waals surface area contributed by atoms with Gasteiger partial charge in [-0.3, -0.25) is 4.68 Å². The van der Waals surface area contributed by atoms with Crippen LogP contribution in [-0.4, -0.2) is 15.9 Å². The monoisotopic (exact) mass is 298 g/mol. The maximum atomic E-state index is 5.96. The molecule has 1 heterocycles. The normalized spacial score (nSPS) is 22.3. The van der Waals surface area contributed by atoms with Crippen LogP contribution in [0.15, 0.2) is 42.7 Å². The van der Waals surface area contributed by atoms with E-state index in [2.05, 4.69) is 54.1 Å². The molecule has 1 aromatic carbocycles. The van der Waals surface area contributed by atoms with Crippen molar-refractivity contribution in [2.75, 3.05) is 0 Å². The third-order valence-corrected chi connectivity index (χ3v) is 4.71. The Bertz CT molecular complexity index is 572. The van der Waals surface area contributed by atoms with Crippen molar-refractivity contribution in [2.45, 2.75) is 58.3 Å². The summed E-state index contributed by atoms with van der Waals surface area (Å²) in [5.74, 6) is 0.737. The molecule has 0 radical (unpaired) electrons. The average molecular weight is 298 g/mol. The van der Waals surface area contributed by atoms with Crippen LogP contribution in [0.5, 0.6) is 0 Å². The molecule has 1 aromatic heterocycles. The highest BCUT2D eigenvalue weighted by Gasteiger charge is 2.31. The van der Waals surface area contributed by atoms with E-state index in [4.69, 9.17) is 4.74 Å². The first-order valence-electron chi connectivity index (χ1n) is 8.43. The maximum absolute atomic E-state index is 5.96. The topological polar surface area (TPSA) is 27.1 Å². The summed E-state index contributed by atoms with van der Waals surface area (Å²) < 4.78 is 8.10. The van der Waals surface area contributed by atoms with Crippen LogP contribution >= 0.6 is 0 Å². The van der Waals surface area contributed by atoms with Gasteiger partial charge in [-0.2, -0.15) is 5.10 Å². The van der Waals surface area contributed by atoms with E-state index in [0.717, 1.165) is 31.8 Å². The summed E-state index contributed by atoms with van der Waals surface area (Å²) >= 11 is 0. The summed E-state index contributed by atoms with van der Waals surface area (Å²) in [5, 5.41) is 4.54. The van der Waals surface area contributed by atoms with Gasteiger partial charge in [0.25, 0.3) is 0 Å². The Hall–Kier alpha value is -1.61. The predicted molar refractivity (Wildman–Crippen MR) is 88.7 cm³/mol. The van der Waals surface area contributed by atoms with Gasteiger partial charge in [-0.1, -0.05) is 50.6 Å². The van der Waals surface area contributed by atoms with Crippen molar-refractivity contribution in [2.24, 2.45) is 5.92 Å². The van der Waals surface area contributed by atoms with E-state index in [9.17, 15) is 0 Å². The molecule has 1 saturated carbocycles. The number of benzene rings is 1. The van der Waals surface area contributed by atoms with Gasteiger partial charge in [0.2, 0.25) is 0 Å². The number of ether oxygens (including phenoxy) is 1. The fraction of sp³-hybridized carbons (Fsp3) is 0.526. The summed E-state index contributed by atoms with van der Waals surface area (Å²) in [6.07, 6.45) is 9.16. The summed E-state index contributed by atoms with van der Waals surface area (Å²) in [6, 6.07) is 10.9. The van der Waals surface area contributed by atoms with Gasteiger partial charge < -0.3 is 4.74 Å². The van der Waals surface area contributed by atoms with E-state index >= 15 is 0 Å². The van der Waals surface area contributed by atoms with Crippen LogP contribution in [0.25, 0.3) is 0 Å². The van der Waals surface area contributed by atoms with Gasteiger partial charge in [0.15, 0.2) is 0 Å². The zero-order chi connectivity index (χ0) is 15.4. The number of hydrogen-bond acceptors (Lipinski definition) is 2.